The maximum atomic E-state index is 5.36. The molecule has 0 N–H and O–H groups in total. The highest BCUT2D eigenvalue weighted by molar-refractivity contribution is 5.83. The summed E-state index contributed by atoms with van der Waals surface area (Å²) in [4.78, 5) is 5.20. The molecule has 0 fully saturated rings. The lowest BCUT2D eigenvalue weighted by atomic mass is 9.90. The number of hydrogen-bond donors (Lipinski definition) is 0. The van der Waals surface area contributed by atoms with E-state index in [1.54, 1.807) is 28.4 Å². The van der Waals surface area contributed by atoms with Crippen LogP contribution in [0, 0.1) is 0 Å². The number of nitrogens with zero attached hydrogens (tertiary/aromatic N) is 2. The van der Waals surface area contributed by atoms with Gasteiger partial charge in [-0.25, -0.2) is 0 Å². The Morgan fingerprint density at radius 1 is 0.314 bits per heavy atom. The van der Waals surface area contributed by atoms with E-state index in [0.717, 1.165) is 62.0 Å². The van der Waals surface area contributed by atoms with Crippen molar-refractivity contribution < 1.29 is 18.9 Å². The van der Waals surface area contributed by atoms with Gasteiger partial charge in [0.25, 0.3) is 0 Å². The van der Waals surface area contributed by atoms with E-state index in [0.29, 0.717) is 12.1 Å². The van der Waals surface area contributed by atoms with Gasteiger partial charge in [-0.3, -0.25) is 9.80 Å². The van der Waals surface area contributed by atoms with E-state index in [1.165, 1.54) is 89.0 Å². The van der Waals surface area contributed by atoms with Crippen LogP contribution in [0.5, 0.6) is 23.0 Å². The van der Waals surface area contributed by atoms with Crippen molar-refractivity contribution in [1.29, 1.82) is 0 Å². The molecule has 10 rings (SSSR count). The van der Waals surface area contributed by atoms with Crippen molar-refractivity contribution in [2.75, 3.05) is 28.4 Å². The Morgan fingerprint density at radius 2 is 0.514 bits per heavy atom. The molecular formula is C64H66N2O4. The molecule has 6 nitrogen and oxygen atoms in total. The molecule has 2 aliphatic heterocycles. The minimum atomic E-state index is 0.524. The molecule has 2 atom stereocenters. The fraction of sp³-hybridized carbons (Fsp3) is 0.250. The molecule has 0 aromatic heterocycles. The van der Waals surface area contributed by atoms with Gasteiger partial charge in [-0.1, -0.05) is 111 Å². The zero-order valence-corrected chi connectivity index (χ0v) is 42.1. The Morgan fingerprint density at radius 3 is 0.700 bits per heavy atom. The molecule has 2 aliphatic rings. The first-order chi connectivity index (χ1) is 34.2. The molecule has 0 spiro atoms. The Labute approximate surface area is 416 Å². The molecule has 0 amide bonds. The standard InChI is InChI=1S/2C32H33NO2/c2*1-5-22(2)33-20-27-8-6-25(23-10-14-29(34-3)15-11-23)18-31(27)32-19-26(7-9-28(32)21-33)24-12-16-30(35-4)17-13-24/h2*6-19,22H,5,20-21H2,1-4H3/t2*22-/m00/s1. The third kappa shape index (κ3) is 10.4. The second kappa shape index (κ2) is 21.7. The van der Waals surface area contributed by atoms with E-state index < -0.39 is 0 Å². The Hall–Kier alpha value is -7.12. The number of rotatable bonds is 12. The third-order valence-electron chi connectivity index (χ3n) is 14.6. The second-order valence-electron chi connectivity index (χ2n) is 18.7. The summed E-state index contributed by atoms with van der Waals surface area (Å²) in [6.45, 7) is 13.1. The van der Waals surface area contributed by atoms with Gasteiger partial charge >= 0.3 is 0 Å². The van der Waals surface area contributed by atoms with Crippen molar-refractivity contribution >= 4 is 0 Å². The van der Waals surface area contributed by atoms with Crippen molar-refractivity contribution in [1.82, 2.24) is 9.80 Å². The van der Waals surface area contributed by atoms with E-state index in [1.807, 2.05) is 48.5 Å². The maximum Gasteiger partial charge on any atom is 0.118 e. The van der Waals surface area contributed by atoms with Gasteiger partial charge in [0.2, 0.25) is 0 Å². The molecule has 8 aromatic rings. The van der Waals surface area contributed by atoms with Crippen molar-refractivity contribution in [3.8, 4) is 89.8 Å². The summed E-state index contributed by atoms with van der Waals surface area (Å²) >= 11 is 0. The number of methoxy groups -OCH3 is 4. The highest BCUT2D eigenvalue weighted by Crippen LogP contribution is 2.41. The SMILES string of the molecule is CC[C@H](C)N1Cc2ccc(-c3ccc(OC)cc3)cc2-c2cc(-c3ccc(OC)cc3)ccc2C1.CC[C@H](C)N1Cc2ccc(-c3ccc(OC)cc3)cc2-c2cc(-c3ccc(OC)cc3)ccc2C1. The highest BCUT2D eigenvalue weighted by atomic mass is 16.5. The van der Waals surface area contributed by atoms with Gasteiger partial charge in [0.1, 0.15) is 23.0 Å². The summed E-state index contributed by atoms with van der Waals surface area (Å²) in [6, 6.07) is 62.2. The van der Waals surface area contributed by atoms with Gasteiger partial charge in [0.15, 0.2) is 0 Å². The Balaban J connectivity index is 0.000000174. The van der Waals surface area contributed by atoms with Crippen LogP contribution in [0.2, 0.25) is 0 Å². The van der Waals surface area contributed by atoms with Crippen LogP contribution in [0.1, 0.15) is 62.8 Å². The minimum Gasteiger partial charge on any atom is -0.497 e. The second-order valence-corrected chi connectivity index (χ2v) is 18.7. The van der Waals surface area contributed by atoms with E-state index in [2.05, 4.69) is 159 Å². The topological polar surface area (TPSA) is 43.4 Å². The number of ether oxygens (including phenoxy) is 4. The summed E-state index contributed by atoms with van der Waals surface area (Å²) in [5.74, 6) is 3.51. The molecule has 0 saturated heterocycles. The normalized spacial score (nSPS) is 13.9. The minimum absolute atomic E-state index is 0.524. The predicted octanol–water partition coefficient (Wildman–Crippen LogP) is 15.6. The largest absolute Gasteiger partial charge is 0.497 e. The third-order valence-corrected chi connectivity index (χ3v) is 14.6. The molecule has 0 aliphatic carbocycles. The first-order valence-corrected chi connectivity index (χ1v) is 24.8. The van der Waals surface area contributed by atoms with Crippen LogP contribution in [0.4, 0.5) is 0 Å². The van der Waals surface area contributed by atoms with Crippen LogP contribution in [-0.2, 0) is 26.2 Å². The average Bonchev–Trinajstić information content (AvgIpc) is 3.70. The maximum absolute atomic E-state index is 5.36. The van der Waals surface area contributed by atoms with Gasteiger partial charge in [-0.2, -0.15) is 0 Å². The fourth-order valence-corrected chi connectivity index (χ4v) is 9.84. The molecule has 2 heterocycles. The number of hydrogen-bond acceptors (Lipinski definition) is 6. The zero-order chi connectivity index (χ0) is 48.7. The zero-order valence-electron chi connectivity index (χ0n) is 42.1. The predicted molar refractivity (Wildman–Crippen MR) is 290 cm³/mol. The molecule has 0 saturated carbocycles. The summed E-state index contributed by atoms with van der Waals surface area (Å²) in [5.41, 5.74) is 20.5. The average molecular weight is 927 g/mol. The van der Waals surface area contributed by atoms with Gasteiger partial charge in [-0.15, -0.1) is 0 Å². The lowest BCUT2D eigenvalue weighted by Crippen LogP contribution is -2.30. The van der Waals surface area contributed by atoms with E-state index in [-0.39, 0.29) is 0 Å². The summed E-state index contributed by atoms with van der Waals surface area (Å²) < 4.78 is 21.4. The quantitative estimate of drug-likeness (QED) is 0.122. The Bertz CT molecular complexity index is 2630. The van der Waals surface area contributed by atoms with Gasteiger partial charge in [0, 0.05) is 38.3 Å². The number of benzene rings is 8. The molecule has 0 bridgehead atoms. The lowest BCUT2D eigenvalue weighted by molar-refractivity contribution is 0.188. The summed E-state index contributed by atoms with van der Waals surface area (Å²) in [5, 5.41) is 0. The Kier molecular flexibility index (Phi) is 14.8. The molecule has 356 valence electrons. The van der Waals surface area contributed by atoms with Crippen LogP contribution in [-0.4, -0.2) is 50.3 Å². The van der Waals surface area contributed by atoms with Crippen molar-refractivity contribution in [2.24, 2.45) is 0 Å². The smallest absolute Gasteiger partial charge is 0.118 e. The van der Waals surface area contributed by atoms with Crippen LogP contribution in [0.15, 0.2) is 170 Å². The van der Waals surface area contributed by atoms with E-state index in [9.17, 15) is 0 Å². The van der Waals surface area contributed by atoms with Crippen molar-refractivity contribution in [3.63, 3.8) is 0 Å². The van der Waals surface area contributed by atoms with Crippen LogP contribution in [0.3, 0.4) is 0 Å². The van der Waals surface area contributed by atoms with Crippen LogP contribution in [0.25, 0.3) is 66.8 Å². The molecular weight excluding hydrogens is 861 g/mol. The monoisotopic (exact) mass is 927 g/mol. The van der Waals surface area contributed by atoms with Gasteiger partial charge in [-0.05, 0) is 189 Å². The molecule has 0 radical (unpaired) electrons. The van der Waals surface area contributed by atoms with Gasteiger partial charge in [0.05, 0.1) is 28.4 Å². The van der Waals surface area contributed by atoms with Crippen molar-refractivity contribution in [2.45, 2.75) is 78.8 Å². The molecule has 70 heavy (non-hydrogen) atoms. The van der Waals surface area contributed by atoms with E-state index in [4.69, 9.17) is 18.9 Å². The highest BCUT2D eigenvalue weighted by Gasteiger charge is 2.25. The van der Waals surface area contributed by atoms with Crippen LogP contribution < -0.4 is 18.9 Å². The van der Waals surface area contributed by atoms with Crippen molar-refractivity contribution in [3.05, 3.63) is 192 Å². The van der Waals surface area contributed by atoms with Crippen LogP contribution >= 0.6 is 0 Å². The number of fused-ring (bicyclic) bond motifs is 6. The van der Waals surface area contributed by atoms with E-state index >= 15 is 0 Å². The molecule has 6 heteroatoms. The summed E-state index contributed by atoms with van der Waals surface area (Å²) in [6.07, 6.45) is 2.27. The van der Waals surface area contributed by atoms with Gasteiger partial charge < -0.3 is 18.9 Å². The fourth-order valence-electron chi connectivity index (χ4n) is 9.84. The first-order valence-electron chi connectivity index (χ1n) is 24.8. The molecule has 8 aromatic carbocycles. The lowest BCUT2D eigenvalue weighted by Gasteiger charge is -2.27. The molecule has 0 unspecified atom stereocenters. The first kappa shape index (κ1) is 47.9. The summed E-state index contributed by atoms with van der Waals surface area (Å²) in [7, 11) is 6.82.